The summed E-state index contributed by atoms with van der Waals surface area (Å²) >= 11 is 0. The second kappa shape index (κ2) is 12.3. The molecule has 0 unspecified atom stereocenters. The van der Waals surface area contributed by atoms with Crippen LogP contribution in [0.25, 0.3) is 5.57 Å². The number of nitrogens with zero attached hydrogens (tertiary/aromatic N) is 2. The molecule has 0 fully saturated rings. The molecule has 4 nitrogen and oxygen atoms in total. The highest BCUT2D eigenvalue weighted by Crippen LogP contribution is 2.24. The number of allylic oxidation sites excluding steroid dienone is 2. The molecule has 0 N–H and O–H groups in total. The molecule has 4 heteroatoms. The van der Waals surface area contributed by atoms with Crippen LogP contribution in [0, 0.1) is 18.8 Å². The Bertz CT molecular complexity index is 809. The van der Waals surface area contributed by atoms with Crippen molar-refractivity contribution in [1.29, 1.82) is 5.26 Å². The highest BCUT2D eigenvalue weighted by Gasteiger charge is 2.13. The number of amides is 1. The van der Waals surface area contributed by atoms with E-state index in [2.05, 4.69) is 50.8 Å². The number of methoxy groups -OCH3 is 1. The van der Waals surface area contributed by atoms with Crippen LogP contribution >= 0.6 is 0 Å². The van der Waals surface area contributed by atoms with Gasteiger partial charge in [-0.1, -0.05) is 48.5 Å². The predicted octanol–water partition coefficient (Wildman–Crippen LogP) is 5.38. The Morgan fingerprint density at radius 1 is 1.14 bits per heavy atom. The number of ether oxygens (including phenoxy) is 1. The average molecular weight is 379 g/mol. The third kappa shape index (κ3) is 6.59. The Labute approximate surface area is 169 Å². The molecule has 0 saturated heterocycles. The quantitative estimate of drug-likeness (QED) is 0.620. The summed E-state index contributed by atoms with van der Waals surface area (Å²) in [5.74, 6) is 0.918. The number of hydrogen-bond donors (Lipinski definition) is 0. The molecule has 2 aromatic carbocycles. The second-order valence-electron chi connectivity index (χ2n) is 6.48. The summed E-state index contributed by atoms with van der Waals surface area (Å²) in [6.45, 7) is 10.7. The number of aryl methyl sites for hydroxylation is 1. The first-order valence-electron chi connectivity index (χ1n) is 9.41. The van der Waals surface area contributed by atoms with E-state index in [9.17, 15) is 4.79 Å². The molecule has 148 valence electrons. The van der Waals surface area contributed by atoms with Gasteiger partial charge in [-0.2, -0.15) is 0 Å². The maximum Gasteiger partial charge on any atom is 0.219 e. The van der Waals surface area contributed by atoms with Gasteiger partial charge in [0, 0.05) is 32.1 Å². The van der Waals surface area contributed by atoms with Crippen molar-refractivity contribution in [3.8, 4) is 12.3 Å². The van der Waals surface area contributed by atoms with Crippen molar-refractivity contribution >= 4 is 11.5 Å². The molecule has 2 rings (SSSR count). The van der Waals surface area contributed by atoms with Gasteiger partial charge in [0.1, 0.15) is 5.75 Å². The first-order chi connectivity index (χ1) is 13.6. The SMILES string of the molecule is C#N.C/C=C(/CCCN(Cc1ccccc1OC)C(C)=O)c1ccccc1C. The van der Waals surface area contributed by atoms with Crippen molar-refractivity contribution in [2.45, 2.75) is 40.2 Å². The monoisotopic (exact) mass is 378 g/mol. The van der Waals surface area contributed by atoms with Crippen LogP contribution in [0.1, 0.15) is 43.4 Å². The number of carbonyl (C=O) groups is 1. The van der Waals surface area contributed by atoms with Crippen molar-refractivity contribution in [3.05, 3.63) is 71.3 Å². The van der Waals surface area contributed by atoms with E-state index in [-0.39, 0.29) is 5.91 Å². The molecule has 0 aliphatic heterocycles. The van der Waals surface area contributed by atoms with Gasteiger partial charge in [0.15, 0.2) is 0 Å². The lowest BCUT2D eigenvalue weighted by Crippen LogP contribution is -2.29. The van der Waals surface area contributed by atoms with Crippen molar-refractivity contribution in [1.82, 2.24) is 4.90 Å². The van der Waals surface area contributed by atoms with Gasteiger partial charge in [0.25, 0.3) is 0 Å². The van der Waals surface area contributed by atoms with E-state index in [1.54, 1.807) is 14.0 Å². The summed E-state index contributed by atoms with van der Waals surface area (Å²) in [4.78, 5) is 14.0. The lowest BCUT2D eigenvalue weighted by Gasteiger charge is -2.22. The van der Waals surface area contributed by atoms with E-state index >= 15 is 0 Å². The Kier molecular flexibility index (Phi) is 10.1. The third-order valence-electron chi connectivity index (χ3n) is 4.71. The highest BCUT2D eigenvalue weighted by molar-refractivity contribution is 5.73. The minimum atomic E-state index is 0.0915. The summed E-state index contributed by atoms with van der Waals surface area (Å²) in [5.41, 5.74) is 4.96. The molecule has 0 saturated carbocycles. The lowest BCUT2D eigenvalue weighted by atomic mass is 9.96. The standard InChI is InChI=1S/C23H29NO2.CHN/c1-5-20(22-14-8-6-11-18(22)2)13-10-16-24(19(3)25)17-21-12-7-9-15-23(21)26-4;1-2/h5-9,11-12,14-15H,10,13,16-17H2,1-4H3;1H/b20-5-;. The highest BCUT2D eigenvalue weighted by atomic mass is 16.5. The molecule has 0 bridgehead atoms. The molecule has 0 atom stereocenters. The Balaban J connectivity index is 0.00000190. The predicted molar refractivity (Wildman–Crippen MR) is 115 cm³/mol. The van der Waals surface area contributed by atoms with Gasteiger partial charge in [-0.15, -0.1) is 0 Å². The first-order valence-corrected chi connectivity index (χ1v) is 9.41. The van der Waals surface area contributed by atoms with Gasteiger partial charge in [0.05, 0.1) is 7.11 Å². The van der Waals surface area contributed by atoms with E-state index in [1.807, 2.05) is 29.2 Å². The smallest absolute Gasteiger partial charge is 0.219 e. The molecule has 0 radical (unpaired) electrons. The molecule has 0 spiro atoms. The summed E-state index contributed by atoms with van der Waals surface area (Å²) in [6.07, 6.45) is 4.07. The summed E-state index contributed by atoms with van der Waals surface area (Å²) in [5, 5.41) is 6.50. The summed E-state index contributed by atoms with van der Waals surface area (Å²) in [7, 11) is 1.66. The largest absolute Gasteiger partial charge is 0.496 e. The first kappa shape index (κ1) is 23.0. The Morgan fingerprint density at radius 3 is 2.39 bits per heavy atom. The van der Waals surface area contributed by atoms with Crippen LogP contribution in [-0.2, 0) is 11.3 Å². The number of hydrogen-bond acceptors (Lipinski definition) is 3. The van der Waals surface area contributed by atoms with Crippen LogP contribution < -0.4 is 4.74 Å². The molecule has 2 aromatic rings. The molecule has 0 aliphatic rings. The summed E-state index contributed by atoms with van der Waals surface area (Å²) in [6, 6.07) is 16.3. The van der Waals surface area contributed by atoms with Crippen LogP contribution in [0.5, 0.6) is 5.75 Å². The van der Waals surface area contributed by atoms with Gasteiger partial charge in [-0.25, -0.2) is 5.26 Å². The van der Waals surface area contributed by atoms with E-state index in [0.717, 1.165) is 30.7 Å². The van der Waals surface area contributed by atoms with Gasteiger partial charge < -0.3 is 9.64 Å². The van der Waals surface area contributed by atoms with Gasteiger partial charge in [-0.05, 0) is 49.5 Å². The molecule has 0 aromatic heterocycles. The van der Waals surface area contributed by atoms with E-state index in [0.29, 0.717) is 6.54 Å². The van der Waals surface area contributed by atoms with Crippen LogP contribution in [0.2, 0.25) is 0 Å². The zero-order chi connectivity index (χ0) is 20.9. The van der Waals surface area contributed by atoms with E-state index in [4.69, 9.17) is 10.00 Å². The molecule has 0 aliphatic carbocycles. The maximum absolute atomic E-state index is 12.1. The molecular formula is C24H30N2O2. The minimum Gasteiger partial charge on any atom is -0.496 e. The van der Waals surface area contributed by atoms with Crippen LogP contribution in [0.4, 0.5) is 0 Å². The average Bonchev–Trinajstić information content (AvgIpc) is 2.72. The fourth-order valence-corrected chi connectivity index (χ4v) is 3.22. The lowest BCUT2D eigenvalue weighted by molar-refractivity contribution is -0.129. The minimum absolute atomic E-state index is 0.0915. The zero-order valence-electron chi connectivity index (χ0n) is 17.3. The van der Waals surface area contributed by atoms with E-state index < -0.39 is 0 Å². The van der Waals surface area contributed by atoms with Crippen molar-refractivity contribution in [2.75, 3.05) is 13.7 Å². The number of rotatable bonds is 8. The molecular weight excluding hydrogens is 348 g/mol. The molecule has 28 heavy (non-hydrogen) atoms. The van der Waals surface area contributed by atoms with Crippen LogP contribution in [0.15, 0.2) is 54.6 Å². The Morgan fingerprint density at radius 2 is 1.79 bits per heavy atom. The van der Waals surface area contributed by atoms with Crippen molar-refractivity contribution in [3.63, 3.8) is 0 Å². The third-order valence-corrected chi connectivity index (χ3v) is 4.71. The fraction of sp³-hybridized carbons (Fsp3) is 0.333. The van der Waals surface area contributed by atoms with Gasteiger partial charge in [-0.3, -0.25) is 4.79 Å². The molecule has 0 heterocycles. The fourth-order valence-electron chi connectivity index (χ4n) is 3.22. The normalized spacial score (nSPS) is 10.6. The van der Waals surface area contributed by atoms with Gasteiger partial charge >= 0.3 is 0 Å². The summed E-state index contributed by atoms with van der Waals surface area (Å²) < 4.78 is 5.41. The zero-order valence-corrected chi connectivity index (χ0v) is 17.3. The maximum atomic E-state index is 12.1. The van der Waals surface area contributed by atoms with Crippen LogP contribution in [-0.4, -0.2) is 24.5 Å². The van der Waals surface area contributed by atoms with Gasteiger partial charge in [0.2, 0.25) is 5.91 Å². The van der Waals surface area contributed by atoms with Crippen LogP contribution in [0.3, 0.4) is 0 Å². The second-order valence-corrected chi connectivity index (χ2v) is 6.48. The number of nitriles is 1. The Hall–Kier alpha value is -3.06. The van der Waals surface area contributed by atoms with E-state index in [1.165, 1.54) is 16.7 Å². The topological polar surface area (TPSA) is 53.3 Å². The van der Waals surface area contributed by atoms with Crippen molar-refractivity contribution in [2.24, 2.45) is 0 Å². The number of benzene rings is 2. The molecule has 1 amide bonds. The number of para-hydroxylation sites is 1. The van der Waals surface area contributed by atoms with Crippen molar-refractivity contribution < 1.29 is 9.53 Å². The number of carbonyl (C=O) groups excluding carboxylic acids is 1.